The van der Waals surface area contributed by atoms with Crippen molar-refractivity contribution >= 4 is 39.2 Å². The van der Waals surface area contributed by atoms with E-state index in [4.69, 9.17) is 4.74 Å². The van der Waals surface area contributed by atoms with Crippen molar-refractivity contribution in [2.45, 2.75) is 57.6 Å². The van der Waals surface area contributed by atoms with Gasteiger partial charge in [0.15, 0.2) is 0 Å². The minimum absolute atomic E-state index is 0.0454. The molecule has 142 valence electrons. The van der Waals surface area contributed by atoms with E-state index in [1.165, 1.54) is 34.0 Å². The van der Waals surface area contributed by atoms with E-state index in [0.717, 1.165) is 35.0 Å². The fraction of sp³-hybridized carbons (Fsp3) is 0.632. The molecule has 0 saturated carbocycles. The fourth-order valence-electron chi connectivity index (χ4n) is 3.16. The van der Waals surface area contributed by atoms with Crippen molar-refractivity contribution in [3.05, 3.63) is 16.8 Å². The Bertz CT molecular complexity index is 761. The average Bonchev–Trinajstić information content (AvgIpc) is 2.97. The van der Waals surface area contributed by atoms with E-state index in [1.807, 2.05) is 13.8 Å². The molecule has 0 spiro atoms. The highest BCUT2D eigenvalue weighted by Gasteiger charge is 2.23. The lowest BCUT2D eigenvalue weighted by Crippen LogP contribution is -2.27. The van der Waals surface area contributed by atoms with Crippen molar-refractivity contribution in [1.82, 2.24) is 15.3 Å². The second-order valence-electron chi connectivity index (χ2n) is 7.12. The number of aromatic nitrogens is 2. The first-order chi connectivity index (χ1) is 12.5. The Kier molecular flexibility index (Phi) is 6.89. The van der Waals surface area contributed by atoms with Gasteiger partial charge in [-0.25, -0.2) is 9.97 Å². The number of amides is 1. The molecule has 1 aliphatic carbocycles. The number of fused-ring (bicyclic) bond motifs is 3. The maximum absolute atomic E-state index is 12.1. The van der Waals surface area contributed by atoms with Gasteiger partial charge in [0.05, 0.1) is 11.9 Å². The molecule has 1 N–H and O–H groups in total. The Morgan fingerprint density at radius 3 is 3.12 bits per heavy atom. The first-order valence-corrected chi connectivity index (χ1v) is 11.1. The molecule has 26 heavy (non-hydrogen) atoms. The summed E-state index contributed by atoms with van der Waals surface area (Å²) in [6.45, 7) is 7.67. The van der Waals surface area contributed by atoms with Gasteiger partial charge in [-0.05, 0) is 51.0 Å². The van der Waals surface area contributed by atoms with E-state index in [9.17, 15) is 4.79 Å². The number of hydrogen-bond acceptors (Lipinski definition) is 6. The lowest BCUT2D eigenvalue weighted by Gasteiger charge is -2.18. The van der Waals surface area contributed by atoms with Crippen molar-refractivity contribution in [2.24, 2.45) is 5.92 Å². The van der Waals surface area contributed by atoms with Crippen LogP contribution in [0.5, 0.6) is 0 Å². The van der Waals surface area contributed by atoms with E-state index in [2.05, 4.69) is 22.2 Å². The number of aryl methyl sites for hydroxylation is 1. The van der Waals surface area contributed by atoms with Crippen LogP contribution in [0.4, 0.5) is 0 Å². The molecule has 0 aromatic carbocycles. The highest BCUT2D eigenvalue weighted by atomic mass is 32.2. The summed E-state index contributed by atoms with van der Waals surface area (Å²) < 4.78 is 5.48. The van der Waals surface area contributed by atoms with Crippen LogP contribution in [0.2, 0.25) is 0 Å². The number of nitrogens with one attached hydrogen (secondary N) is 1. The third-order valence-electron chi connectivity index (χ3n) is 4.49. The number of thiophene rings is 1. The zero-order chi connectivity index (χ0) is 18.5. The van der Waals surface area contributed by atoms with Crippen LogP contribution in [0.15, 0.2) is 11.4 Å². The Morgan fingerprint density at radius 2 is 2.31 bits per heavy atom. The number of carbonyl (C=O) groups is 1. The van der Waals surface area contributed by atoms with Crippen LogP contribution in [-0.2, 0) is 22.4 Å². The topological polar surface area (TPSA) is 64.1 Å². The monoisotopic (exact) mass is 393 g/mol. The Morgan fingerprint density at radius 1 is 1.46 bits per heavy atom. The molecule has 0 radical (unpaired) electrons. The molecule has 0 unspecified atom stereocenters. The van der Waals surface area contributed by atoms with E-state index >= 15 is 0 Å². The third-order valence-corrected chi connectivity index (χ3v) is 6.64. The predicted octanol–water partition coefficient (Wildman–Crippen LogP) is 3.84. The SMILES string of the molecule is CC(C)OCCCNC(=O)CSc1ncnc2sc3c(c12)CC[C@H](C)C3. The Labute approximate surface area is 163 Å². The third kappa shape index (κ3) is 4.96. The number of carbonyl (C=O) groups excluding carboxylic acids is 1. The summed E-state index contributed by atoms with van der Waals surface area (Å²) in [5, 5.41) is 5.08. The van der Waals surface area contributed by atoms with Crippen LogP contribution in [0.3, 0.4) is 0 Å². The van der Waals surface area contributed by atoms with Gasteiger partial charge in [0, 0.05) is 23.4 Å². The molecule has 1 amide bonds. The highest BCUT2D eigenvalue weighted by molar-refractivity contribution is 8.00. The summed E-state index contributed by atoms with van der Waals surface area (Å²) in [4.78, 5) is 23.6. The number of ether oxygens (including phenoxy) is 1. The van der Waals surface area contributed by atoms with E-state index < -0.39 is 0 Å². The van der Waals surface area contributed by atoms with Gasteiger partial charge in [-0.3, -0.25) is 4.79 Å². The Hall–Kier alpha value is -1.18. The summed E-state index contributed by atoms with van der Waals surface area (Å²) in [6, 6.07) is 0. The van der Waals surface area contributed by atoms with Gasteiger partial charge in [-0.15, -0.1) is 11.3 Å². The van der Waals surface area contributed by atoms with E-state index in [0.29, 0.717) is 18.9 Å². The maximum Gasteiger partial charge on any atom is 0.230 e. The largest absolute Gasteiger partial charge is 0.379 e. The molecular formula is C19H27N3O2S2. The summed E-state index contributed by atoms with van der Waals surface area (Å²) in [5.74, 6) is 1.17. The van der Waals surface area contributed by atoms with Gasteiger partial charge >= 0.3 is 0 Å². The molecular weight excluding hydrogens is 366 g/mol. The summed E-state index contributed by atoms with van der Waals surface area (Å²) in [5.41, 5.74) is 1.41. The summed E-state index contributed by atoms with van der Waals surface area (Å²) >= 11 is 3.31. The van der Waals surface area contributed by atoms with Crippen LogP contribution in [0.1, 0.15) is 44.1 Å². The van der Waals surface area contributed by atoms with Crippen molar-refractivity contribution in [1.29, 1.82) is 0 Å². The normalized spacial score (nSPS) is 16.8. The molecule has 2 aromatic rings. The van der Waals surface area contributed by atoms with Crippen molar-refractivity contribution < 1.29 is 9.53 Å². The van der Waals surface area contributed by atoms with Crippen LogP contribution < -0.4 is 5.32 Å². The predicted molar refractivity (Wildman–Crippen MR) is 108 cm³/mol. The quantitative estimate of drug-likeness (QED) is 0.419. The smallest absolute Gasteiger partial charge is 0.230 e. The van der Waals surface area contributed by atoms with E-state index in [-0.39, 0.29) is 12.0 Å². The molecule has 2 aromatic heterocycles. The molecule has 0 bridgehead atoms. The molecule has 2 heterocycles. The lowest BCUT2D eigenvalue weighted by atomic mass is 9.89. The van der Waals surface area contributed by atoms with Crippen LogP contribution >= 0.6 is 23.1 Å². The van der Waals surface area contributed by atoms with Gasteiger partial charge in [0.25, 0.3) is 0 Å². The molecule has 0 aliphatic heterocycles. The first kappa shape index (κ1) is 19.6. The molecule has 1 aliphatic rings. The van der Waals surface area contributed by atoms with Crippen LogP contribution in [0.25, 0.3) is 10.2 Å². The molecule has 5 nitrogen and oxygen atoms in total. The van der Waals surface area contributed by atoms with E-state index in [1.54, 1.807) is 17.7 Å². The molecule has 0 saturated heterocycles. The average molecular weight is 394 g/mol. The minimum atomic E-state index is 0.0454. The van der Waals surface area contributed by atoms with Crippen molar-refractivity contribution in [3.8, 4) is 0 Å². The first-order valence-electron chi connectivity index (χ1n) is 9.31. The second kappa shape index (κ2) is 9.15. The van der Waals surface area contributed by atoms with Gasteiger partial charge in [-0.1, -0.05) is 18.7 Å². The van der Waals surface area contributed by atoms with Crippen LogP contribution in [-0.4, -0.2) is 40.9 Å². The molecule has 1 atom stereocenters. The zero-order valence-electron chi connectivity index (χ0n) is 15.7. The summed E-state index contributed by atoms with van der Waals surface area (Å²) in [6.07, 6.45) is 6.15. The minimum Gasteiger partial charge on any atom is -0.379 e. The molecule has 0 fully saturated rings. The van der Waals surface area contributed by atoms with Gasteiger partial charge in [0.2, 0.25) is 5.91 Å². The van der Waals surface area contributed by atoms with Crippen LogP contribution in [0, 0.1) is 5.92 Å². The van der Waals surface area contributed by atoms with Gasteiger partial charge in [-0.2, -0.15) is 0 Å². The highest BCUT2D eigenvalue weighted by Crippen LogP contribution is 2.40. The van der Waals surface area contributed by atoms with Crippen molar-refractivity contribution in [3.63, 3.8) is 0 Å². The number of hydrogen-bond donors (Lipinski definition) is 1. The fourth-order valence-corrected chi connectivity index (χ4v) is 5.43. The standard InChI is InChI=1S/C19H27N3O2S2/c1-12(2)24-8-4-7-20-16(23)10-25-18-17-14-6-5-13(3)9-15(14)26-19(17)22-11-21-18/h11-13H,4-10H2,1-3H3,(H,20,23)/t13-/m0/s1. The second-order valence-corrected chi connectivity index (χ2v) is 9.17. The van der Waals surface area contributed by atoms with Crippen molar-refractivity contribution in [2.75, 3.05) is 18.9 Å². The maximum atomic E-state index is 12.1. The number of rotatable bonds is 8. The number of thioether (sulfide) groups is 1. The van der Waals surface area contributed by atoms with Gasteiger partial charge < -0.3 is 10.1 Å². The molecule has 7 heteroatoms. The molecule has 3 rings (SSSR count). The number of nitrogens with zero attached hydrogens (tertiary/aromatic N) is 2. The van der Waals surface area contributed by atoms with Gasteiger partial charge in [0.1, 0.15) is 16.2 Å². The zero-order valence-corrected chi connectivity index (χ0v) is 17.3. The summed E-state index contributed by atoms with van der Waals surface area (Å²) in [7, 11) is 0. The Balaban J connectivity index is 1.57. The lowest BCUT2D eigenvalue weighted by molar-refractivity contribution is -0.118.